The molecule has 3 nitrogen and oxygen atoms in total. The van der Waals surface area contributed by atoms with E-state index in [0.29, 0.717) is 19.8 Å². The first-order valence-corrected chi connectivity index (χ1v) is 6.40. The molecule has 0 spiro atoms. The third-order valence-corrected chi connectivity index (χ3v) is 2.04. The average molecular weight is 239 g/mol. The predicted octanol–water partition coefficient (Wildman–Crippen LogP) is 3.01. The maximum atomic E-state index is 5.51. The Morgan fingerprint density at radius 2 is 1.59 bits per heavy atom. The number of hydrogen-bond donors (Lipinski definition) is 1. The molecule has 0 aliphatic rings. The number of ether oxygens (including phenoxy) is 2. The third-order valence-electron chi connectivity index (χ3n) is 2.04. The highest BCUT2D eigenvalue weighted by Crippen LogP contribution is 2.28. The number of nitrogens with two attached hydrogens (primary N) is 1. The van der Waals surface area contributed by atoms with Crippen LogP contribution in [0.25, 0.3) is 0 Å². The van der Waals surface area contributed by atoms with Gasteiger partial charge in [-0.15, -0.1) is 0 Å². The van der Waals surface area contributed by atoms with Crippen LogP contribution in [0, 0.1) is 0 Å². The van der Waals surface area contributed by atoms with Crippen molar-refractivity contribution in [2.45, 2.75) is 34.1 Å². The summed E-state index contributed by atoms with van der Waals surface area (Å²) < 4.78 is 11.0. The van der Waals surface area contributed by atoms with E-state index in [9.17, 15) is 0 Å². The Balaban J connectivity index is 0.00000121. The van der Waals surface area contributed by atoms with Gasteiger partial charge in [-0.2, -0.15) is 0 Å². The summed E-state index contributed by atoms with van der Waals surface area (Å²) in [6, 6.07) is 5.97. The first-order chi connectivity index (χ1) is 8.31. The summed E-state index contributed by atoms with van der Waals surface area (Å²) in [5, 5.41) is 0. The Morgan fingerprint density at radius 3 is 2.12 bits per heavy atom. The minimum Gasteiger partial charge on any atom is -0.490 e. The first-order valence-electron chi connectivity index (χ1n) is 6.40. The van der Waals surface area contributed by atoms with Crippen LogP contribution in [-0.2, 0) is 6.42 Å². The summed E-state index contributed by atoms with van der Waals surface area (Å²) in [6.45, 7) is 9.87. The number of benzene rings is 1. The Labute approximate surface area is 105 Å². The van der Waals surface area contributed by atoms with Gasteiger partial charge in [0.25, 0.3) is 0 Å². The maximum absolute atomic E-state index is 5.51. The third kappa shape index (κ3) is 5.59. The van der Waals surface area contributed by atoms with E-state index >= 15 is 0 Å². The Bertz CT molecular complexity index is 300. The molecule has 2 N–H and O–H groups in total. The smallest absolute Gasteiger partial charge is 0.161 e. The predicted molar refractivity (Wildman–Crippen MR) is 72.9 cm³/mol. The van der Waals surface area contributed by atoms with E-state index in [-0.39, 0.29) is 0 Å². The summed E-state index contributed by atoms with van der Waals surface area (Å²) in [5.74, 6) is 1.62. The van der Waals surface area contributed by atoms with Crippen molar-refractivity contribution in [3.8, 4) is 11.5 Å². The topological polar surface area (TPSA) is 44.5 Å². The highest BCUT2D eigenvalue weighted by molar-refractivity contribution is 5.43. The van der Waals surface area contributed by atoms with E-state index in [0.717, 1.165) is 17.9 Å². The van der Waals surface area contributed by atoms with Gasteiger partial charge in [0.2, 0.25) is 0 Å². The van der Waals surface area contributed by atoms with Crippen LogP contribution in [0.5, 0.6) is 11.5 Å². The van der Waals surface area contributed by atoms with Gasteiger partial charge < -0.3 is 15.2 Å². The van der Waals surface area contributed by atoms with Crippen molar-refractivity contribution in [2.24, 2.45) is 5.73 Å². The van der Waals surface area contributed by atoms with Crippen LogP contribution in [0.3, 0.4) is 0 Å². The lowest BCUT2D eigenvalue weighted by Crippen LogP contribution is -2.04. The second-order valence-corrected chi connectivity index (χ2v) is 3.19. The summed E-state index contributed by atoms with van der Waals surface area (Å²) in [5.41, 5.74) is 6.69. The molecule has 0 atom stereocenters. The minimum atomic E-state index is 0.645. The molecular formula is C14H25NO2. The fraction of sp³-hybridized carbons (Fsp3) is 0.571. The van der Waals surface area contributed by atoms with E-state index < -0.39 is 0 Å². The Morgan fingerprint density at radius 1 is 1.00 bits per heavy atom. The second kappa shape index (κ2) is 9.97. The van der Waals surface area contributed by atoms with E-state index in [4.69, 9.17) is 15.2 Å². The Kier molecular flexibility index (Phi) is 9.25. The molecule has 0 unspecified atom stereocenters. The van der Waals surface area contributed by atoms with Gasteiger partial charge in [0.05, 0.1) is 13.2 Å². The van der Waals surface area contributed by atoms with Crippen molar-refractivity contribution in [1.29, 1.82) is 0 Å². The van der Waals surface area contributed by atoms with Crippen molar-refractivity contribution >= 4 is 0 Å². The standard InChI is InChI=1S/C12H19NO2.C2H6/c1-3-14-11-6-5-10(7-8-13)9-12(11)15-4-2;1-2/h5-6,9H,3-4,7-8,13H2,1-2H3;1-2H3. The maximum Gasteiger partial charge on any atom is 0.161 e. The highest BCUT2D eigenvalue weighted by Gasteiger charge is 2.05. The molecule has 0 aromatic heterocycles. The van der Waals surface area contributed by atoms with Crippen molar-refractivity contribution in [1.82, 2.24) is 0 Å². The first kappa shape index (κ1) is 15.8. The minimum absolute atomic E-state index is 0.645. The van der Waals surface area contributed by atoms with Crippen LogP contribution >= 0.6 is 0 Å². The molecule has 1 aromatic carbocycles. The molecule has 0 radical (unpaired) electrons. The van der Waals surface area contributed by atoms with Gasteiger partial charge in [0, 0.05) is 0 Å². The van der Waals surface area contributed by atoms with Gasteiger partial charge in [-0.1, -0.05) is 19.9 Å². The highest BCUT2D eigenvalue weighted by atomic mass is 16.5. The van der Waals surface area contributed by atoms with Gasteiger partial charge >= 0.3 is 0 Å². The number of hydrogen-bond acceptors (Lipinski definition) is 3. The lowest BCUT2D eigenvalue weighted by Gasteiger charge is -2.11. The molecule has 0 saturated heterocycles. The molecule has 0 bridgehead atoms. The second-order valence-electron chi connectivity index (χ2n) is 3.19. The van der Waals surface area contributed by atoms with Crippen LogP contribution < -0.4 is 15.2 Å². The van der Waals surface area contributed by atoms with Crippen molar-refractivity contribution in [3.05, 3.63) is 23.8 Å². The van der Waals surface area contributed by atoms with Crippen molar-refractivity contribution in [2.75, 3.05) is 19.8 Å². The molecule has 0 saturated carbocycles. The van der Waals surface area contributed by atoms with Gasteiger partial charge in [-0.25, -0.2) is 0 Å². The summed E-state index contributed by atoms with van der Waals surface area (Å²) in [4.78, 5) is 0. The van der Waals surface area contributed by atoms with E-state index in [1.54, 1.807) is 0 Å². The van der Waals surface area contributed by atoms with Crippen LogP contribution in [0.1, 0.15) is 33.3 Å². The normalized spacial score (nSPS) is 9.24. The van der Waals surface area contributed by atoms with Crippen LogP contribution in [-0.4, -0.2) is 19.8 Å². The van der Waals surface area contributed by atoms with E-state index in [1.165, 1.54) is 5.56 Å². The van der Waals surface area contributed by atoms with Crippen molar-refractivity contribution < 1.29 is 9.47 Å². The molecular weight excluding hydrogens is 214 g/mol. The molecule has 98 valence electrons. The summed E-state index contributed by atoms with van der Waals surface area (Å²) in [7, 11) is 0. The van der Waals surface area contributed by atoms with Crippen molar-refractivity contribution in [3.63, 3.8) is 0 Å². The SMILES string of the molecule is CC.CCOc1ccc(CCN)cc1OCC. The van der Waals surface area contributed by atoms with Gasteiger partial charge in [0.15, 0.2) is 11.5 Å². The largest absolute Gasteiger partial charge is 0.490 e. The lowest BCUT2D eigenvalue weighted by molar-refractivity contribution is 0.287. The van der Waals surface area contributed by atoms with E-state index in [1.807, 2.05) is 45.9 Å². The number of rotatable bonds is 6. The van der Waals surface area contributed by atoms with Crippen LogP contribution in [0.15, 0.2) is 18.2 Å². The van der Waals surface area contributed by atoms with Gasteiger partial charge in [-0.3, -0.25) is 0 Å². The molecule has 1 rings (SSSR count). The molecule has 0 amide bonds. The fourth-order valence-corrected chi connectivity index (χ4v) is 1.42. The zero-order valence-electron chi connectivity index (χ0n) is 11.5. The summed E-state index contributed by atoms with van der Waals surface area (Å²) >= 11 is 0. The van der Waals surface area contributed by atoms with E-state index in [2.05, 4.69) is 0 Å². The zero-order chi connectivity index (χ0) is 13.1. The quantitative estimate of drug-likeness (QED) is 0.830. The molecule has 0 heterocycles. The van der Waals surface area contributed by atoms with Gasteiger partial charge in [0.1, 0.15) is 0 Å². The molecule has 17 heavy (non-hydrogen) atoms. The monoisotopic (exact) mass is 239 g/mol. The molecule has 0 aliphatic carbocycles. The zero-order valence-corrected chi connectivity index (χ0v) is 11.5. The average Bonchev–Trinajstić information content (AvgIpc) is 2.36. The summed E-state index contributed by atoms with van der Waals surface area (Å²) in [6.07, 6.45) is 0.868. The molecule has 3 heteroatoms. The van der Waals surface area contributed by atoms with Crippen LogP contribution in [0.2, 0.25) is 0 Å². The lowest BCUT2D eigenvalue weighted by atomic mass is 10.1. The molecule has 0 aliphatic heterocycles. The molecule has 1 aromatic rings. The van der Waals surface area contributed by atoms with Gasteiger partial charge in [-0.05, 0) is 44.5 Å². The molecule has 0 fully saturated rings. The fourth-order valence-electron chi connectivity index (χ4n) is 1.42. The van der Waals surface area contributed by atoms with Crippen LogP contribution in [0.4, 0.5) is 0 Å². The Hall–Kier alpha value is -1.22.